The molecule has 0 radical (unpaired) electrons. The quantitative estimate of drug-likeness (QED) is 0.650. The van der Waals surface area contributed by atoms with E-state index in [0.717, 1.165) is 42.5 Å². The fraction of sp³-hybridized carbons (Fsp3) is 0.600. The number of rotatable bonds is 5. The van der Waals surface area contributed by atoms with Gasteiger partial charge in [0.05, 0.1) is 4.92 Å². The van der Waals surface area contributed by atoms with Crippen molar-refractivity contribution in [2.45, 2.75) is 44.2 Å². The van der Waals surface area contributed by atoms with Crippen LogP contribution in [0.1, 0.15) is 32.1 Å². The van der Waals surface area contributed by atoms with Crippen molar-refractivity contribution in [2.75, 3.05) is 18.0 Å². The van der Waals surface area contributed by atoms with Gasteiger partial charge in [-0.25, -0.2) is 0 Å². The molecule has 2 aliphatic rings. The van der Waals surface area contributed by atoms with Crippen LogP contribution in [0.2, 0.25) is 0 Å². The number of hydrogen-bond acceptors (Lipinski definition) is 4. The van der Waals surface area contributed by atoms with Gasteiger partial charge in [-0.05, 0) is 44.4 Å². The number of nitrogens with zero attached hydrogens (tertiary/aromatic N) is 2. The Morgan fingerprint density at radius 3 is 2.76 bits per heavy atom. The van der Waals surface area contributed by atoms with Crippen molar-refractivity contribution >= 4 is 27.3 Å². The van der Waals surface area contributed by atoms with Gasteiger partial charge in [0.1, 0.15) is 5.69 Å². The summed E-state index contributed by atoms with van der Waals surface area (Å²) in [6.07, 6.45) is 5.92. The Morgan fingerprint density at radius 1 is 1.33 bits per heavy atom. The zero-order chi connectivity index (χ0) is 14.8. The highest BCUT2D eigenvalue weighted by atomic mass is 79.9. The molecule has 1 aliphatic carbocycles. The summed E-state index contributed by atoms with van der Waals surface area (Å²) < 4.78 is 0.754. The number of hydrogen-bond donors (Lipinski definition) is 1. The van der Waals surface area contributed by atoms with Crippen molar-refractivity contribution in [3.05, 3.63) is 32.8 Å². The molecule has 1 aliphatic heterocycles. The number of anilines is 1. The van der Waals surface area contributed by atoms with Crippen LogP contribution in [0.3, 0.4) is 0 Å². The molecule has 1 saturated carbocycles. The van der Waals surface area contributed by atoms with E-state index in [9.17, 15) is 10.1 Å². The molecular formula is C15H20BrN3O2. The lowest BCUT2D eigenvalue weighted by Gasteiger charge is -2.32. The molecule has 1 heterocycles. The van der Waals surface area contributed by atoms with Crippen LogP contribution in [0.15, 0.2) is 22.7 Å². The van der Waals surface area contributed by atoms with Crippen molar-refractivity contribution in [1.29, 1.82) is 0 Å². The van der Waals surface area contributed by atoms with E-state index < -0.39 is 0 Å². The van der Waals surface area contributed by atoms with Gasteiger partial charge < -0.3 is 10.2 Å². The fourth-order valence-corrected chi connectivity index (χ4v) is 3.38. The molecule has 114 valence electrons. The van der Waals surface area contributed by atoms with Gasteiger partial charge in [0, 0.05) is 29.2 Å². The molecule has 6 heteroatoms. The van der Waals surface area contributed by atoms with Crippen LogP contribution in [0, 0.1) is 10.1 Å². The molecule has 1 aromatic rings. The topological polar surface area (TPSA) is 58.4 Å². The maximum Gasteiger partial charge on any atom is 0.293 e. The SMILES string of the molecule is O=[N+]([O-])c1cc(Br)ccc1N(CC1CCCCN1)C1CC1. The summed E-state index contributed by atoms with van der Waals surface area (Å²) in [7, 11) is 0. The Morgan fingerprint density at radius 2 is 2.14 bits per heavy atom. The molecule has 0 aromatic heterocycles. The second kappa shape index (κ2) is 6.32. The van der Waals surface area contributed by atoms with Crippen molar-refractivity contribution in [3.8, 4) is 0 Å². The molecule has 1 N–H and O–H groups in total. The highest BCUT2D eigenvalue weighted by Crippen LogP contribution is 2.38. The molecule has 1 unspecified atom stereocenters. The van der Waals surface area contributed by atoms with Gasteiger partial charge in [0.25, 0.3) is 5.69 Å². The van der Waals surface area contributed by atoms with Crippen LogP contribution in [0.5, 0.6) is 0 Å². The van der Waals surface area contributed by atoms with E-state index in [1.165, 1.54) is 12.8 Å². The first-order valence-corrected chi connectivity index (χ1v) is 8.38. The Hall–Kier alpha value is -1.14. The van der Waals surface area contributed by atoms with Gasteiger partial charge in [0.2, 0.25) is 0 Å². The van der Waals surface area contributed by atoms with E-state index in [1.807, 2.05) is 12.1 Å². The molecule has 0 spiro atoms. The van der Waals surface area contributed by atoms with E-state index in [-0.39, 0.29) is 10.6 Å². The monoisotopic (exact) mass is 353 g/mol. The van der Waals surface area contributed by atoms with Crippen molar-refractivity contribution in [2.24, 2.45) is 0 Å². The maximum absolute atomic E-state index is 11.4. The van der Waals surface area contributed by atoms with E-state index in [0.29, 0.717) is 12.1 Å². The minimum Gasteiger partial charge on any atom is -0.361 e. The fourth-order valence-electron chi connectivity index (χ4n) is 3.03. The lowest BCUT2D eigenvalue weighted by atomic mass is 10.0. The predicted octanol–water partition coefficient (Wildman–Crippen LogP) is 3.47. The summed E-state index contributed by atoms with van der Waals surface area (Å²) >= 11 is 3.33. The van der Waals surface area contributed by atoms with E-state index in [4.69, 9.17) is 0 Å². The molecule has 0 amide bonds. The molecule has 2 fully saturated rings. The molecule has 1 atom stereocenters. The first kappa shape index (κ1) is 14.8. The molecule has 3 rings (SSSR count). The van der Waals surface area contributed by atoms with Crippen molar-refractivity contribution in [1.82, 2.24) is 5.32 Å². The second-order valence-electron chi connectivity index (χ2n) is 5.92. The van der Waals surface area contributed by atoms with Crippen LogP contribution in [0.4, 0.5) is 11.4 Å². The smallest absolute Gasteiger partial charge is 0.293 e. The highest BCUT2D eigenvalue weighted by Gasteiger charge is 2.34. The predicted molar refractivity (Wildman–Crippen MR) is 86.8 cm³/mol. The van der Waals surface area contributed by atoms with Crippen LogP contribution in [0.25, 0.3) is 0 Å². The van der Waals surface area contributed by atoms with Crippen LogP contribution in [-0.4, -0.2) is 30.1 Å². The first-order valence-electron chi connectivity index (χ1n) is 7.59. The normalized spacial score (nSPS) is 22.0. The zero-order valence-electron chi connectivity index (χ0n) is 11.9. The van der Waals surface area contributed by atoms with E-state index in [1.54, 1.807) is 6.07 Å². The highest BCUT2D eigenvalue weighted by molar-refractivity contribution is 9.10. The third-order valence-electron chi connectivity index (χ3n) is 4.26. The average Bonchev–Trinajstić information content (AvgIpc) is 3.31. The lowest BCUT2D eigenvalue weighted by molar-refractivity contribution is -0.384. The maximum atomic E-state index is 11.4. The molecule has 1 aromatic carbocycles. The number of halogens is 1. The Balaban J connectivity index is 1.85. The van der Waals surface area contributed by atoms with Gasteiger partial charge in [-0.3, -0.25) is 10.1 Å². The van der Waals surface area contributed by atoms with Crippen LogP contribution < -0.4 is 10.2 Å². The van der Waals surface area contributed by atoms with E-state index in [2.05, 4.69) is 26.1 Å². The zero-order valence-corrected chi connectivity index (χ0v) is 13.5. The van der Waals surface area contributed by atoms with Gasteiger partial charge in [-0.15, -0.1) is 0 Å². The van der Waals surface area contributed by atoms with Gasteiger partial charge in [0.15, 0.2) is 0 Å². The Labute approximate surface area is 133 Å². The van der Waals surface area contributed by atoms with Gasteiger partial charge in [-0.2, -0.15) is 0 Å². The average molecular weight is 354 g/mol. The Kier molecular flexibility index (Phi) is 4.45. The summed E-state index contributed by atoms with van der Waals surface area (Å²) in [6.45, 7) is 1.93. The van der Waals surface area contributed by atoms with Crippen LogP contribution >= 0.6 is 15.9 Å². The van der Waals surface area contributed by atoms with Crippen molar-refractivity contribution in [3.63, 3.8) is 0 Å². The van der Waals surface area contributed by atoms with E-state index >= 15 is 0 Å². The van der Waals surface area contributed by atoms with Crippen molar-refractivity contribution < 1.29 is 4.92 Å². The number of nitro groups is 1. The standard InChI is InChI=1S/C15H20BrN3O2/c16-11-4-7-14(15(9-11)19(20)21)18(13-5-6-13)10-12-3-1-2-8-17-12/h4,7,9,12-13,17H,1-3,5-6,8,10H2. The molecule has 0 bridgehead atoms. The van der Waals surface area contributed by atoms with Gasteiger partial charge in [-0.1, -0.05) is 22.4 Å². The number of nitrogens with one attached hydrogen (secondary N) is 1. The molecule has 1 saturated heterocycles. The summed E-state index contributed by atoms with van der Waals surface area (Å²) in [5, 5.41) is 14.9. The van der Waals surface area contributed by atoms with Gasteiger partial charge >= 0.3 is 0 Å². The number of piperidine rings is 1. The summed E-state index contributed by atoms with van der Waals surface area (Å²) in [6, 6.07) is 6.30. The summed E-state index contributed by atoms with van der Waals surface area (Å²) in [5.41, 5.74) is 0.963. The molecular weight excluding hydrogens is 334 g/mol. The Bertz CT molecular complexity index is 528. The lowest BCUT2D eigenvalue weighted by Crippen LogP contribution is -2.44. The van der Waals surface area contributed by atoms with Crippen LogP contribution in [-0.2, 0) is 0 Å². The molecule has 5 nitrogen and oxygen atoms in total. The number of nitro benzene ring substituents is 1. The first-order chi connectivity index (χ1) is 10.1. The summed E-state index contributed by atoms with van der Waals surface area (Å²) in [5.74, 6) is 0. The summed E-state index contributed by atoms with van der Waals surface area (Å²) in [4.78, 5) is 13.3. The number of benzene rings is 1. The third kappa shape index (κ3) is 3.55. The largest absolute Gasteiger partial charge is 0.361 e. The minimum absolute atomic E-state index is 0.201. The second-order valence-corrected chi connectivity index (χ2v) is 6.84. The minimum atomic E-state index is -0.274. The third-order valence-corrected chi connectivity index (χ3v) is 4.75. The molecule has 21 heavy (non-hydrogen) atoms.